The van der Waals surface area contributed by atoms with Crippen LogP contribution in [0.15, 0.2) is 70.4 Å². The minimum Gasteiger partial charge on any atom is -0.497 e. The zero-order chi connectivity index (χ0) is 26.0. The minimum absolute atomic E-state index is 0.0849. The third-order valence-corrected chi connectivity index (χ3v) is 8.30. The van der Waals surface area contributed by atoms with Gasteiger partial charge in [-0.1, -0.05) is 29.8 Å². The molecule has 7 nitrogen and oxygen atoms in total. The van der Waals surface area contributed by atoms with Gasteiger partial charge in [-0.15, -0.1) is 0 Å². The molecule has 0 radical (unpaired) electrons. The molecule has 0 fully saturated rings. The van der Waals surface area contributed by atoms with Gasteiger partial charge in [0.05, 0.1) is 24.6 Å². The molecule has 0 spiro atoms. The van der Waals surface area contributed by atoms with Gasteiger partial charge in [0.15, 0.2) is 0 Å². The average Bonchev–Trinajstić information content (AvgIpc) is 2.83. The van der Waals surface area contributed by atoms with Crippen molar-refractivity contribution in [3.8, 4) is 11.5 Å². The number of aromatic nitrogens is 1. The van der Waals surface area contributed by atoms with Gasteiger partial charge >= 0.3 is 0 Å². The topological polar surface area (TPSA) is 88.7 Å². The van der Waals surface area contributed by atoms with Crippen molar-refractivity contribution in [2.45, 2.75) is 38.8 Å². The highest BCUT2D eigenvalue weighted by molar-refractivity contribution is 7.89. The summed E-state index contributed by atoms with van der Waals surface area (Å²) < 4.78 is 39.9. The summed E-state index contributed by atoms with van der Waals surface area (Å²) in [6.07, 6.45) is 0. The summed E-state index contributed by atoms with van der Waals surface area (Å²) in [7, 11) is -0.803. The predicted octanol–water partition coefficient (Wildman–Crippen LogP) is 4.86. The summed E-state index contributed by atoms with van der Waals surface area (Å²) in [6.45, 7) is 5.55. The highest BCUT2D eigenvalue weighted by Gasteiger charge is 2.29. The van der Waals surface area contributed by atoms with E-state index >= 15 is 0 Å². The number of hydrogen-bond acceptors (Lipinski definition) is 5. The van der Waals surface area contributed by atoms with Crippen LogP contribution in [0.3, 0.4) is 0 Å². The molecule has 3 aromatic carbocycles. The lowest BCUT2D eigenvalue weighted by molar-refractivity contribution is 0.397. The Bertz CT molecular complexity index is 1550. The highest BCUT2D eigenvalue weighted by Crippen LogP contribution is 2.28. The number of pyridine rings is 1. The van der Waals surface area contributed by atoms with Crippen molar-refractivity contribution in [1.82, 2.24) is 9.29 Å². The van der Waals surface area contributed by atoms with Gasteiger partial charge in [-0.3, -0.25) is 4.79 Å². The van der Waals surface area contributed by atoms with E-state index in [-0.39, 0.29) is 23.5 Å². The van der Waals surface area contributed by atoms with E-state index in [1.54, 1.807) is 58.4 Å². The van der Waals surface area contributed by atoms with Crippen LogP contribution < -0.4 is 15.0 Å². The first kappa shape index (κ1) is 25.5. The average molecular weight is 507 g/mol. The van der Waals surface area contributed by atoms with Crippen molar-refractivity contribution in [3.05, 3.63) is 98.8 Å². The summed E-state index contributed by atoms with van der Waals surface area (Å²) in [4.78, 5) is 16.1. The fourth-order valence-corrected chi connectivity index (χ4v) is 6.34. The van der Waals surface area contributed by atoms with E-state index in [0.717, 1.165) is 16.5 Å². The van der Waals surface area contributed by atoms with Crippen molar-refractivity contribution in [2.24, 2.45) is 0 Å². The third-order valence-electron chi connectivity index (χ3n) is 6.20. The first-order chi connectivity index (χ1) is 17.1. The summed E-state index contributed by atoms with van der Waals surface area (Å²) in [6, 6.07) is 18.1. The van der Waals surface area contributed by atoms with Gasteiger partial charge in [0.25, 0.3) is 5.56 Å². The van der Waals surface area contributed by atoms with Crippen LogP contribution in [0.4, 0.5) is 0 Å². The quantitative estimate of drug-likeness (QED) is 0.369. The van der Waals surface area contributed by atoms with Gasteiger partial charge in [-0.05, 0) is 73.2 Å². The van der Waals surface area contributed by atoms with Crippen LogP contribution >= 0.6 is 0 Å². The van der Waals surface area contributed by atoms with Crippen LogP contribution in [-0.2, 0) is 23.1 Å². The third kappa shape index (κ3) is 5.15. The zero-order valence-electron chi connectivity index (χ0n) is 21.1. The Morgan fingerprint density at radius 3 is 2.03 bits per heavy atom. The second-order valence-electron chi connectivity index (χ2n) is 8.93. The van der Waals surface area contributed by atoms with Crippen LogP contribution in [0, 0.1) is 20.8 Å². The number of sulfonamides is 1. The van der Waals surface area contributed by atoms with Crippen LogP contribution in [0.1, 0.15) is 27.8 Å². The molecule has 1 N–H and O–H groups in total. The SMILES string of the molecule is COc1ccc(CN(Cc2cc3ccc(OC)cc3[nH]c2=O)S(=O)(=O)c2c(C)cc(C)cc2C)cc1. The lowest BCUT2D eigenvalue weighted by Gasteiger charge is -2.25. The first-order valence-corrected chi connectivity index (χ1v) is 13.0. The maximum Gasteiger partial charge on any atom is 0.252 e. The Hall–Kier alpha value is -3.62. The number of fused-ring (bicyclic) bond motifs is 1. The maximum absolute atomic E-state index is 14.0. The number of aromatic amines is 1. The summed E-state index contributed by atoms with van der Waals surface area (Å²) >= 11 is 0. The van der Waals surface area contributed by atoms with E-state index in [2.05, 4.69) is 4.98 Å². The summed E-state index contributed by atoms with van der Waals surface area (Å²) in [5.74, 6) is 1.31. The molecule has 1 aromatic heterocycles. The van der Waals surface area contributed by atoms with E-state index in [0.29, 0.717) is 33.7 Å². The molecule has 0 aliphatic rings. The van der Waals surface area contributed by atoms with Gasteiger partial charge in [-0.25, -0.2) is 8.42 Å². The van der Waals surface area contributed by atoms with Crippen molar-refractivity contribution >= 4 is 20.9 Å². The molecular formula is C28H30N2O5S. The standard InChI is InChI=1S/C28H30N2O5S/c1-18-12-19(2)27(20(3)13-18)36(32,33)30(16-21-6-9-24(34-4)10-7-21)17-23-14-22-8-11-25(35-5)15-26(22)29-28(23)31/h6-15H,16-17H2,1-5H3,(H,29,31). The predicted molar refractivity (Wildman–Crippen MR) is 141 cm³/mol. The number of nitrogens with zero attached hydrogens (tertiary/aromatic N) is 1. The largest absolute Gasteiger partial charge is 0.497 e. The molecule has 36 heavy (non-hydrogen) atoms. The molecule has 0 atom stereocenters. The van der Waals surface area contributed by atoms with Crippen molar-refractivity contribution in [2.75, 3.05) is 14.2 Å². The highest BCUT2D eigenvalue weighted by atomic mass is 32.2. The first-order valence-electron chi connectivity index (χ1n) is 11.5. The van der Waals surface area contributed by atoms with Crippen LogP contribution in [0.2, 0.25) is 0 Å². The molecule has 1 heterocycles. The molecule has 0 unspecified atom stereocenters. The van der Waals surface area contributed by atoms with E-state index in [1.165, 1.54) is 4.31 Å². The molecule has 0 saturated heterocycles. The molecule has 0 amide bonds. The lowest BCUT2D eigenvalue weighted by Crippen LogP contribution is -2.33. The molecule has 8 heteroatoms. The molecule has 0 aliphatic carbocycles. The Kier molecular flexibility index (Phi) is 7.19. The number of H-pyrrole nitrogens is 1. The number of methoxy groups -OCH3 is 2. The van der Waals surface area contributed by atoms with Gasteiger partial charge in [-0.2, -0.15) is 4.31 Å². The summed E-state index contributed by atoms with van der Waals surface area (Å²) in [5.41, 5.74) is 3.75. The van der Waals surface area contributed by atoms with E-state index < -0.39 is 10.0 Å². The number of benzene rings is 3. The van der Waals surface area contributed by atoms with Crippen molar-refractivity contribution in [3.63, 3.8) is 0 Å². The Balaban J connectivity index is 1.81. The van der Waals surface area contributed by atoms with Crippen LogP contribution in [-0.4, -0.2) is 31.9 Å². The molecule has 4 rings (SSSR count). The minimum atomic E-state index is -3.94. The molecule has 188 valence electrons. The Morgan fingerprint density at radius 1 is 0.806 bits per heavy atom. The lowest BCUT2D eigenvalue weighted by atomic mass is 10.1. The number of hydrogen-bond donors (Lipinski definition) is 1. The Morgan fingerprint density at radius 2 is 1.42 bits per heavy atom. The van der Waals surface area contributed by atoms with Gasteiger partial charge in [0, 0.05) is 24.7 Å². The second-order valence-corrected chi connectivity index (χ2v) is 10.8. The number of ether oxygens (including phenoxy) is 2. The van der Waals surface area contributed by atoms with E-state index in [4.69, 9.17) is 9.47 Å². The number of aryl methyl sites for hydroxylation is 3. The normalized spacial score (nSPS) is 11.7. The van der Waals surface area contributed by atoms with Crippen molar-refractivity contribution in [1.29, 1.82) is 0 Å². The smallest absolute Gasteiger partial charge is 0.252 e. The number of rotatable bonds is 8. The molecule has 0 saturated carbocycles. The Labute approximate surface area is 211 Å². The maximum atomic E-state index is 14.0. The van der Waals surface area contributed by atoms with Crippen LogP contribution in [0.5, 0.6) is 11.5 Å². The van der Waals surface area contributed by atoms with E-state index in [1.807, 2.05) is 37.3 Å². The molecule has 0 aliphatic heterocycles. The van der Waals surface area contributed by atoms with E-state index in [9.17, 15) is 13.2 Å². The molecular weight excluding hydrogens is 476 g/mol. The van der Waals surface area contributed by atoms with Gasteiger partial charge in [0.1, 0.15) is 11.5 Å². The number of nitrogens with one attached hydrogen (secondary N) is 1. The monoisotopic (exact) mass is 506 g/mol. The molecule has 0 bridgehead atoms. The van der Waals surface area contributed by atoms with Gasteiger partial charge < -0.3 is 14.5 Å². The fraction of sp³-hybridized carbons (Fsp3) is 0.250. The summed E-state index contributed by atoms with van der Waals surface area (Å²) in [5, 5.41) is 0.787. The fourth-order valence-electron chi connectivity index (χ4n) is 4.52. The van der Waals surface area contributed by atoms with Crippen LogP contribution in [0.25, 0.3) is 10.9 Å². The zero-order valence-corrected chi connectivity index (χ0v) is 21.9. The van der Waals surface area contributed by atoms with Crippen molar-refractivity contribution < 1.29 is 17.9 Å². The van der Waals surface area contributed by atoms with Gasteiger partial charge in [0.2, 0.25) is 10.0 Å². The second kappa shape index (κ2) is 10.2. The molecule has 4 aromatic rings.